The summed E-state index contributed by atoms with van der Waals surface area (Å²) in [6.07, 6.45) is 0.878. The fourth-order valence-corrected chi connectivity index (χ4v) is 5.41. The standard InChI is InChI=1S/C28H38ClN3O3Si/c1-18-13-21(14-22(30-18)17-35-36(7,8)28(3,4)5)26-24-11-12-34-19(2)16-32(24)27(31-26)20-9-10-23(29)25(15-20)33-6/h9-10,13-15,19H,11-12,16-17H2,1-8H3/t19-/m1/s1. The first-order valence-corrected chi connectivity index (χ1v) is 15.8. The van der Waals surface area contributed by atoms with Gasteiger partial charge < -0.3 is 18.5 Å². The molecule has 3 aromatic rings. The molecule has 0 N–H and O–H groups in total. The zero-order valence-electron chi connectivity index (χ0n) is 22.7. The molecule has 3 heterocycles. The molecule has 0 bridgehead atoms. The summed E-state index contributed by atoms with van der Waals surface area (Å²) < 4.78 is 20.3. The van der Waals surface area contributed by atoms with E-state index >= 15 is 0 Å². The molecular weight excluding hydrogens is 490 g/mol. The summed E-state index contributed by atoms with van der Waals surface area (Å²) in [4.78, 5) is 9.98. The Morgan fingerprint density at radius 3 is 2.58 bits per heavy atom. The van der Waals surface area contributed by atoms with Gasteiger partial charge in [0.1, 0.15) is 11.6 Å². The van der Waals surface area contributed by atoms with Gasteiger partial charge in [0.05, 0.1) is 49.4 Å². The largest absolute Gasteiger partial charge is 0.495 e. The summed E-state index contributed by atoms with van der Waals surface area (Å²) in [6.45, 7) is 17.3. The summed E-state index contributed by atoms with van der Waals surface area (Å²) in [5.74, 6) is 1.52. The molecule has 1 atom stereocenters. The monoisotopic (exact) mass is 527 g/mol. The third-order valence-corrected chi connectivity index (χ3v) is 12.1. The summed E-state index contributed by atoms with van der Waals surface area (Å²) in [6, 6.07) is 10.1. The average molecular weight is 528 g/mol. The van der Waals surface area contributed by atoms with Gasteiger partial charge in [0.2, 0.25) is 0 Å². The third-order valence-electron chi connectivity index (χ3n) is 7.33. The van der Waals surface area contributed by atoms with Gasteiger partial charge >= 0.3 is 0 Å². The number of imidazole rings is 1. The lowest BCUT2D eigenvalue weighted by atomic mass is 10.1. The lowest BCUT2D eigenvalue weighted by Gasteiger charge is -2.36. The number of aromatic nitrogens is 3. The Hall–Kier alpha value is -2.19. The van der Waals surface area contributed by atoms with Crippen LogP contribution in [0.5, 0.6) is 5.75 Å². The Morgan fingerprint density at radius 2 is 1.89 bits per heavy atom. The van der Waals surface area contributed by atoms with Crippen LogP contribution in [0.15, 0.2) is 30.3 Å². The SMILES string of the molecule is COc1cc(-c2nc(-c3cc(C)nc(CO[Si](C)(C)C(C)(C)C)c3)c3n2C[C@@H](C)OCC3)ccc1Cl. The van der Waals surface area contributed by atoms with E-state index in [0.29, 0.717) is 24.0 Å². The van der Waals surface area contributed by atoms with E-state index in [1.54, 1.807) is 7.11 Å². The van der Waals surface area contributed by atoms with Gasteiger partial charge in [-0.25, -0.2) is 4.98 Å². The molecule has 4 rings (SSSR count). The van der Waals surface area contributed by atoms with Crippen molar-refractivity contribution in [2.45, 2.75) is 78.4 Å². The smallest absolute Gasteiger partial charge is 0.192 e. The molecule has 0 radical (unpaired) electrons. The minimum Gasteiger partial charge on any atom is -0.495 e. The van der Waals surface area contributed by atoms with Crippen molar-refractivity contribution in [3.05, 3.63) is 52.4 Å². The molecule has 0 spiro atoms. The van der Waals surface area contributed by atoms with E-state index in [2.05, 4.69) is 57.5 Å². The van der Waals surface area contributed by atoms with Crippen LogP contribution in [0.1, 0.15) is 44.8 Å². The van der Waals surface area contributed by atoms with Crippen LogP contribution in [0, 0.1) is 6.92 Å². The second kappa shape index (κ2) is 10.3. The Kier molecular flexibility index (Phi) is 7.67. The Labute approximate surface area is 221 Å². The third kappa shape index (κ3) is 5.54. The van der Waals surface area contributed by atoms with Crippen molar-refractivity contribution in [3.63, 3.8) is 0 Å². The van der Waals surface area contributed by atoms with E-state index in [1.165, 1.54) is 5.69 Å². The molecule has 1 aliphatic rings. The van der Waals surface area contributed by atoms with E-state index in [4.69, 9.17) is 35.5 Å². The summed E-state index contributed by atoms with van der Waals surface area (Å²) in [5, 5.41) is 0.725. The summed E-state index contributed by atoms with van der Waals surface area (Å²) in [5.41, 5.74) is 6.05. The number of rotatable bonds is 6. The molecule has 0 saturated carbocycles. The Balaban J connectivity index is 1.78. The number of benzene rings is 1. The highest BCUT2D eigenvalue weighted by atomic mass is 35.5. The molecule has 0 aliphatic carbocycles. The average Bonchev–Trinajstić information content (AvgIpc) is 3.03. The molecule has 194 valence electrons. The molecule has 8 heteroatoms. The van der Waals surface area contributed by atoms with Crippen molar-refractivity contribution >= 4 is 19.9 Å². The number of halogens is 1. The zero-order chi connectivity index (χ0) is 26.3. The molecule has 0 amide bonds. The molecule has 6 nitrogen and oxygen atoms in total. The first-order valence-electron chi connectivity index (χ1n) is 12.6. The van der Waals surface area contributed by atoms with E-state index < -0.39 is 8.32 Å². The number of nitrogens with zero attached hydrogens (tertiary/aromatic N) is 3. The highest BCUT2D eigenvalue weighted by Gasteiger charge is 2.37. The van der Waals surface area contributed by atoms with Crippen molar-refractivity contribution in [3.8, 4) is 28.4 Å². The zero-order valence-corrected chi connectivity index (χ0v) is 24.5. The summed E-state index contributed by atoms with van der Waals surface area (Å²) >= 11 is 6.31. The first kappa shape index (κ1) is 26.9. The van der Waals surface area contributed by atoms with Crippen LogP contribution in [0.4, 0.5) is 0 Å². The minimum atomic E-state index is -1.89. The number of hydrogen-bond acceptors (Lipinski definition) is 5. The highest BCUT2D eigenvalue weighted by Crippen LogP contribution is 2.38. The van der Waals surface area contributed by atoms with E-state index in [9.17, 15) is 0 Å². The van der Waals surface area contributed by atoms with Crippen LogP contribution in [-0.2, 0) is 28.7 Å². The van der Waals surface area contributed by atoms with Crippen molar-refractivity contribution in [1.82, 2.24) is 14.5 Å². The van der Waals surface area contributed by atoms with Gasteiger partial charge in [0, 0.05) is 28.9 Å². The molecule has 0 fully saturated rings. The van der Waals surface area contributed by atoms with Gasteiger partial charge in [0.25, 0.3) is 0 Å². The maximum Gasteiger partial charge on any atom is 0.192 e. The molecule has 2 aromatic heterocycles. The number of hydrogen-bond donors (Lipinski definition) is 0. The normalized spacial score (nSPS) is 16.5. The predicted octanol–water partition coefficient (Wildman–Crippen LogP) is 7.07. The molecule has 1 aliphatic heterocycles. The first-order chi connectivity index (χ1) is 16.9. The number of aryl methyl sites for hydroxylation is 1. The number of fused-ring (bicyclic) bond motifs is 1. The van der Waals surface area contributed by atoms with Crippen LogP contribution in [0.3, 0.4) is 0 Å². The van der Waals surface area contributed by atoms with Crippen LogP contribution in [0.2, 0.25) is 23.2 Å². The van der Waals surface area contributed by atoms with E-state index in [-0.39, 0.29) is 11.1 Å². The fraction of sp³-hybridized carbons (Fsp3) is 0.500. The quantitative estimate of drug-likeness (QED) is 0.321. The second-order valence-corrected chi connectivity index (χ2v) is 16.4. The number of ether oxygens (including phenoxy) is 2. The Bertz CT molecular complexity index is 1250. The molecule has 0 unspecified atom stereocenters. The number of pyridine rings is 1. The van der Waals surface area contributed by atoms with Crippen LogP contribution in [0.25, 0.3) is 22.6 Å². The molecular formula is C28H38ClN3O3Si. The van der Waals surface area contributed by atoms with Crippen molar-refractivity contribution < 1.29 is 13.9 Å². The van der Waals surface area contributed by atoms with Gasteiger partial charge in [-0.1, -0.05) is 32.4 Å². The summed E-state index contributed by atoms with van der Waals surface area (Å²) in [7, 11) is -0.262. The van der Waals surface area contributed by atoms with E-state index in [1.807, 2.05) is 25.1 Å². The lowest BCUT2D eigenvalue weighted by molar-refractivity contribution is 0.0666. The van der Waals surface area contributed by atoms with Crippen LogP contribution < -0.4 is 4.74 Å². The second-order valence-electron chi connectivity index (χ2n) is 11.2. The topological polar surface area (TPSA) is 58.4 Å². The van der Waals surface area contributed by atoms with Crippen molar-refractivity contribution in [1.29, 1.82) is 0 Å². The van der Waals surface area contributed by atoms with Crippen molar-refractivity contribution in [2.24, 2.45) is 0 Å². The van der Waals surface area contributed by atoms with Gasteiger partial charge in [-0.05, 0) is 62.3 Å². The molecule has 0 saturated heterocycles. The van der Waals surface area contributed by atoms with Crippen LogP contribution in [-0.4, -0.2) is 42.7 Å². The maximum atomic E-state index is 6.49. The molecule has 1 aromatic carbocycles. The van der Waals surface area contributed by atoms with Crippen molar-refractivity contribution in [2.75, 3.05) is 13.7 Å². The predicted molar refractivity (Wildman–Crippen MR) is 148 cm³/mol. The van der Waals surface area contributed by atoms with Gasteiger partial charge in [-0.2, -0.15) is 0 Å². The maximum absolute atomic E-state index is 6.49. The minimum absolute atomic E-state index is 0.0916. The lowest BCUT2D eigenvalue weighted by Crippen LogP contribution is -2.40. The highest BCUT2D eigenvalue weighted by molar-refractivity contribution is 6.74. The van der Waals surface area contributed by atoms with Gasteiger partial charge in [-0.15, -0.1) is 0 Å². The number of methoxy groups -OCH3 is 1. The van der Waals surface area contributed by atoms with Gasteiger partial charge in [-0.3, -0.25) is 4.98 Å². The molecule has 36 heavy (non-hydrogen) atoms. The fourth-order valence-electron chi connectivity index (χ4n) is 4.27. The van der Waals surface area contributed by atoms with Crippen LogP contribution >= 0.6 is 11.6 Å². The van der Waals surface area contributed by atoms with Gasteiger partial charge in [0.15, 0.2) is 8.32 Å². The van der Waals surface area contributed by atoms with E-state index in [0.717, 1.165) is 47.0 Å². The Morgan fingerprint density at radius 1 is 1.14 bits per heavy atom.